The second kappa shape index (κ2) is 6.97. The number of nitrogens with one attached hydrogen (secondary N) is 1. The SMILES string of the molecule is CC(CNC(C)C)CN1CCCC(C(N)=O)C1. The van der Waals surface area contributed by atoms with Gasteiger partial charge < -0.3 is 16.0 Å². The molecular formula is C13H27N3O. The molecule has 4 heteroatoms. The molecule has 1 saturated heterocycles. The molecule has 1 heterocycles. The van der Waals surface area contributed by atoms with Gasteiger partial charge in [0, 0.05) is 19.1 Å². The average molecular weight is 241 g/mol. The van der Waals surface area contributed by atoms with Crippen molar-refractivity contribution in [1.82, 2.24) is 10.2 Å². The zero-order valence-electron chi connectivity index (χ0n) is 11.4. The molecule has 17 heavy (non-hydrogen) atoms. The minimum atomic E-state index is -0.136. The van der Waals surface area contributed by atoms with Crippen LogP contribution in [0.3, 0.4) is 0 Å². The number of nitrogens with zero attached hydrogens (tertiary/aromatic N) is 1. The number of nitrogens with two attached hydrogens (primary N) is 1. The van der Waals surface area contributed by atoms with Crippen LogP contribution in [-0.2, 0) is 4.79 Å². The van der Waals surface area contributed by atoms with E-state index in [9.17, 15) is 4.79 Å². The van der Waals surface area contributed by atoms with Crippen molar-refractivity contribution in [2.24, 2.45) is 17.6 Å². The molecular weight excluding hydrogens is 214 g/mol. The van der Waals surface area contributed by atoms with E-state index >= 15 is 0 Å². The first-order valence-corrected chi connectivity index (χ1v) is 6.74. The van der Waals surface area contributed by atoms with Gasteiger partial charge in [-0.2, -0.15) is 0 Å². The number of primary amides is 1. The normalized spacial score (nSPS) is 23.9. The first kappa shape index (κ1) is 14.5. The maximum Gasteiger partial charge on any atom is 0.221 e. The van der Waals surface area contributed by atoms with Crippen LogP contribution in [0.15, 0.2) is 0 Å². The minimum Gasteiger partial charge on any atom is -0.369 e. The molecule has 0 bridgehead atoms. The van der Waals surface area contributed by atoms with E-state index in [1.807, 2.05) is 0 Å². The zero-order chi connectivity index (χ0) is 12.8. The molecule has 0 aromatic heterocycles. The predicted octanol–water partition coefficient (Wildman–Crippen LogP) is 0.818. The molecule has 1 aliphatic heterocycles. The number of hydrogen-bond donors (Lipinski definition) is 2. The lowest BCUT2D eigenvalue weighted by Gasteiger charge is -2.33. The van der Waals surface area contributed by atoms with Crippen LogP contribution in [0.1, 0.15) is 33.6 Å². The smallest absolute Gasteiger partial charge is 0.221 e. The Hall–Kier alpha value is -0.610. The van der Waals surface area contributed by atoms with Crippen molar-refractivity contribution in [1.29, 1.82) is 0 Å². The monoisotopic (exact) mass is 241 g/mol. The fourth-order valence-corrected chi connectivity index (χ4v) is 2.40. The Kier molecular flexibility index (Phi) is 5.92. The first-order chi connectivity index (χ1) is 7.99. The van der Waals surface area contributed by atoms with Crippen molar-refractivity contribution >= 4 is 5.91 Å². The van der Waals surface area contributed by atoms with Crippen LogP contribution in [0.25, 0.3) is 0 Å². The third-order valence-corrected chi connectivity index (χ3v) is 3.35. The summed E-state index contributed by atoms with van der Waals surface area (Å²) in [7, 11) is 0. The molecule has 0 aromatic rings. The van der Waals surface area contributed by atoms with Gasteiger partial charge in [-0.25, -0.2) is 0 Å². The molecule has 0 saturated carbocycles. The Morgan fingerprint density at radius 2 is 2.18 bits per heavy atom. The standard InChI is InChI=1S/C13H27N3O/c1-10(2)15-7-11(3)8-16-6-4-5-12(9-16)13(14)17/h10-12,15H,4-9H2,1-3H3,(H2,14,17). The van der Waals surface area contributed by atoms with Gasteiger partial charge >= 0.3 is 0 Å². The topological polar surface area (TPSA) is 58.4 Å². The van der Waals surface area contributed by atoms with Crippen LogP contribution in [0.5, 0.6) is 0 Å². The summed E-state index contributed by atoms with van der Waals surface area (Å²) in [5.41, 5.74) is 5.38. The molecule has 1 fully saturated rings. The largest absolute Gasteiger partial charge is 0.369 e. The molecule has 0 radical (unpaired) electrons. The molecule has 1 amide bonds. The number of carbonyl (C=O) groups excluding carboxylic acids is 1. The van der Waals surface area contributed by atoms with E-state index < -0.39 is 0 Å². The van der Waals surface area contributed by atoms with E-state index in [1.54, 1.807) is 0 Å². The maximum atomic E-state index is 11.2. The number of likely N-dealkylation sites (tertiary alicyclic amines) is 1. The van der Waals surface area contributed by atoms with Gasteiger partial charge in [0.05, 0.1) is 5.92 Å². The van der Waals surface area contributed by atoms with Crippen LogP contribution in [-0.4, -0.2) is 43.0 Å². The highest BCUT2D eigenvalue weighted by atomic mass is 16.1. The van der Waals surface area contributed by atoms with Gasteiger partial charge in [-0.3, -0.25) is 4.79 Å². The number of amides is 1. The zero-order valence-corrected chi connectivity index (χ0v) is 11.4. The molecule has 100 valence electrons. The highest BCUT2D eigenvalue weighted by Crippen LogP contribution is 2.16. The third kappa shape index (κ3) is 5.50. The van der Waals surface area contributed by atoms with Crippen molar-refractivity contribution in [3.8, 4) is 0 Å². The summed E-state index contributed by atoms with van der Waals surface area (Å²) in [5.74, 6) is 0.542. The van der Waals surface area contributed by atoms with Gasteiger partial charge in [0.2, 0.25) is 5.91 Å². The summed E-state index contributed by atoms with van der Waals surface area (Å²) in [4.78, 5) is 13.6. The molecule has 0 aromatic carbocycles. The van der Waals surface area contributed by atoms with E-state index in [4.69, 9.17) is 5.73 Å². The van der Waals surface area contributed by atoms with Crippen molar-refractivity contribution in [3.05, 3.63) is 0 Å². The number of piperidine rings is 1. The lowest BCUT2D eigenvalue weighted by molar-refractivity contribution is -0.123. The van der Waals surface area contributed by atoms with Gasteiger partial charge in [-0.15, -0.1) is 0 Å². The van der Waals surface area contributed by atoms with Crippen LogP contribution < -0.4 is 11.1 Å². The first-order valence-electron chi connectivity index (χ1n) is 6.74. The van der Waals surface area contributed by atoms with Crippen LogP contribution in [0, 0.1) is 11.8 Å². The Morgan fingerprint density at radius 3 is 2.76 bits per heavy atom. The third-order valence-electron chi connectivity index (χ3n) is 3.35. The maximum absolute atomic E-state index is 11.2. The Morgan fingerprint density at radius 1 is 1.47 bits per heavy atom. The van der Waals surface area contributed by atoms with E-state index in [0.29, 0.717) is 12.0 Å². The lowest BCUT2D eigenvalue weighted by Crippen LogP contribution is -2.44. The van der Waals surface area contributed by atoms with Crippen LogP contribution in [0.4, 0.5) is 0 Å². The lowest BCUT2D eigenvalue weighted by atomic mass is 9.96. The van der Waals surface area contributed by atoms with Crippen LogP contribution >= 0.6 is 0 Å². The van der Waals surface area contributed by atoms with Crippen molar-refractivity contribution in [2.45, 2.75) is 39.7 Å². The second-order valence-electron chi connectivity index (χ2n) is 5.67. The average Bonchev–Trinajstić information content (AvgIpc) is 2.26. The molecule has 3 N–H and O–H groups in total. The molecule has 1 rings (SSSR count). The van der Waals surface area contributed by atoms with Gasteiger partial charge in [0.15, 0.2) is 0 Å². The number of hydrogen-bond acceptors (Lipinski definition) is 3. The Bertz CT molecular complexity index is 243. The summed E-state index contributed by atoms with van der Waals surface area (Å²) in [6.45, 7) is 10.6. The Labute approximate surface area is 105 Å². The Balaban J connectivity index is 2.28. The van der Waals surface area contributed by atoms with Gasteiger partial charge in [0.1, 0.15) is 0 Å². The number of carbonyl (C=O) groups is 1. The van der Waals surface area contributed by atoms with E-state index in [-0.39, 0.29) is 11.8 Å². The molecule has 1 aliphatic rings. The molecule has 0 aliphatic carbocycles. The van der Waals surface area contributed by atoms with Crippen molar-refractivity contribution < 1.29 is 4.79 Å². The van der Waals surface area contributed by atoms with Gasteiger partial charge in [-0.1, -0.05) is 20.8 Å². The van der Waals surface area contributed by atoms with Gasteiger partial charge in [0.25, 0.3) is 0 Å². The van der Waals surface area contributed by atoms with E-state index in [2.05, 4.69) is 31.0 Å². The molecule has 0 spiro atoms. The van der Waals surface area contributed by atoms with Gasteiger partial charge in [-0.05, 0) is 31.8 Å². The van der Waals surface area contributed by atoms with Crippen LogP contribution in [0.2, 0.25) is 0 Å². The summed E-state index contributed by atoms with van der Waals surface area (Å²) >= 11 is 0. The molecule has 4 nitrogen and oxygen atoms in total. The summed E-state index contributed by atoms with van der Waals surface area (Å²) in [6, 6.07) is 0.539. The summed E-state index contributed by atoms with van der Waals surface area (Å²) < 4.78 is 0. The van der Waals surface area contributed by atoms with E-state index in [1.165, 1.54) is 0 Å². The quantitative estimate of drug-likeness (QED) is 0.724. The molecule has 2 unspecified atom stereocenters. The molecule has 2 atom stereocenters. The fourth-order valence-electron chi connectivity index (χ4n) is 2.40. The van der Waals surface area contributed by atoms with E-state index in [0.717, 1.165) is 39.0 Å². The second-order valence-corrected chi connectivity index (χ2v) is 5.67. The number of rotatable bonds is 6. The summed E-state index contributed by atoms with van der Waals surface area (Å²) in [5, 5.41) is 3.45. The predicted molar refractivity (Wildman–Crippen MR) is 70.7 cm³/mol. The van der Waals surface area contributed by atoms with Crippen molar-refractivity contribution in [3.63, 3.8) is 0 Å². The highest BCUT2D eigenvalue weighted by Gasteiger charge is 2.24. The van der Waals surface area contributed by atoms with Crippen molar-refractivity contribution in [2.75, 3.05) is 26.2 Å². The minimum absolute atomic E-state index is 0.0639. The fraction of sp³-hybridized carbons (Fsp3) is 0.923. The highest BCUT2D eigenvalue weighted by molar-refractivity contribution is 5.76. The summed E-state index contributed by atoms with van der Waals surface area (Å²) in [6.07, 6.45) is 2.06.